The molecule has 172 valence electrons. The molecule has 3 aromatic heterocycles. The average Bonchev–Trinajstić information content (AvgIpc) is 3.50. The number of nitrogens with zero attached hydrogens (tertiary/aromatic N) is 3. The van der Waals surface area contributed by atoms with Crippen LogP contribution in [0.1, 0.15) is 11.1 Å². The summed E-state index contributed by atoms with van der Waals surface area (Å²) in [4.78, 5) is 27.8. The van der Waals surface area contributed by atoms with Gasteiger partial charge in [0.05, 0.1) is 35.7 Å². The zero-order chi connectivity index (χ0) is 23.7. The van der Waals surface area contributed by atoms with E-state index in [0.29, 0.717) is 28.5 Å². The van der Waals surface area contributed by atoms with Gasteiger partial charge in [0, 0.05) is 29.3 Å². The van der Waals surface area contributed by atoms with Crippen molar-refractivity contribution in [1.82, 2.24) is 24.5 Å². The lowest BCUT2D eigenvalue weighted by molar-refractivity contribution is 0.274. The number of halogens is 1. The molecule has 0 spiro atoms. The molecule has 5 rings (SSSR count). The molecule has 34 heavy (non-hydrogen) atoms. The first-order chi connectivity index (χ1) is 16.5. The number of hydrogen-bond donors (Lipinski definition) is 4. The fraction of sp³-hybridized carbons (Fsp3) is 0.160. The molecule has 2 aromatic carbocycles. The van der Waals surface area contributed by atoms with Crippen molar-refractivity contribution in [3.8, 4) is 17.1 Å². The van der Waals surface area contributed by atoms with Crippen molar-refractivity contribution in [2.75, 3.05) is 11.9 Å². The maximum Gasteiger partial charge on any atom is 0.261 e. The fourth-order valence-corrected chi connectivity index (χ4v) is 4.31. The summed E-state index contributed by atoms with van der Waals surface area (Å²) in [5.41, 5.74) is 5.07. The van der Waals surface area contributed by atoms with Crippen LogP contribution in [-0.2, 0) is 6.42 Å². The van der Waals surface area contributed by atoms with Crippen LogP contribution in [0.25, 0.3) is 28.1 Å². The first-order valence-electron chi connectivity index (χ1n) is 10.8. The average molecular weight is 475 g/mol. The number of aryl methyl sites for hydroxylation is 1. The van der Waals surface area contributed by atoms with E-state index in [9.17, 15) is 9.90 Å². The predicted octanol–water partition coefficient (Wildman–Crippen LogP) is 4.08. The Bertz CT molecular complexity index is 1510. The van der Waals surface area contributed by atoms with E-state index in [1.807, 2.05) is 54.1 Å². The highest BCUT2D eigenvalue weighted by molar-refractivity contribution is 6.31. The Morgan fingerprint density at radius 2 is 2.09 bits per heavy atom. The number of hydrogen-bond acceptors (Lipinski definition) is 5. The Labute approximate surface area is 200 Å². The quantitative estimate of drug-likeness (QED) is 0.284. The smallest absolute Gasteiger partial charge is 0.261 e. The number of aliphatic hydroxyl groups excluding tert-OH is 1. The molecule has 0 aliphatic rings. The van der Waals surface area contributed by atoms with Gasteiger partial charge in [0.2, 0.25) is 0 Å². The van der Waals surface area contributed by atoms with Gasteiger partial charge in [0.15, 0.2) is 0 Å². The SMILES string of the molecule is Cc1cc(-n2ccnc2)cc2[nH]c(-c3c(N[C@H](CO)Cc4ccccc4Cl)cc[nH]c3=O)nc12. The van der Waals surface area contributed by atoms with Gasteiger partial charge in [0.1, 0.15) is 11.4 Å². The van der Waals surface area contributed by atoms with Crippen LogP contribution in [0.3, 0.4) is 0 Å². The van der Waals surface area contributed by atoms with E-state index < -0.39 is 0 Å². The molecule has 0 aliphatic carbocycles. The number of pyridine rings is 1. The van der Waals surface area contributed by atoms with Gasteiger partial charge in [-0.2, -0.15) is 0 Å². The van der Waals surface area contributed by atoms with E-state index in [4.69, 9.17) is 16.6 Å². The van der Waals surface area contributed by atoms with Crippen LogP contribution >= 0.6 is 11.6 Å². The number of anilines is 1. The highest BCUT2D eigenvalue weighted by Crippen LogP contribution is 2.28. The number of benzene rings is 2. The van der Waals surface area contributed by atoms with Gasteiger partial charge in [0.25, 0.3) is 5.56 Å². The van der Waals surface area contributed by atoms with Crippen molar-refractivity contribution in [2.45, 2.75) is 19.4 Å². The van der Waals surface area contributed by atoms with Gasteiger partial charge >= 0.3 is 0 Å². The Kier molecular flexibility index (Phi) is 5.91. The molecule has 0 fully saturated rings. The summed E-state index contributed by atoms with van der Waals surface area (Å²) in [7, 11) is 0. The van der Waals surface area contributed by atoms with Gasteiger partial charge in [-0.15, -0.1) is 0 Å². The summed E-state index contributed by atoms with van der Waals surface area (Å²) in [6, 6.07) is 12.9. The van der Waals surface area contributed by atoms with Gasteiger partial charge in [-0.05, 0) is 48.7 Å². The maximum atomic E-state index is 12.9. The first-order valence-corrected chi connectivity index (χ1v) is 11.2. The zero-order valence-corrected chi connectivity index (χ0v) is 19.2. The van der Waals surface area contributed by atoms with E-state index in [1.165, 1.54) is 0 Å². The molecule has 0 bridgehead atoms. The van der Waals surface area contributed by atoms with Crippen LogP contribution in [-0.4, -0.2) is 42.3 Å². The molecule has 4 N–H and O–H groups in total. The van der Waals surface area contributed by atoms with E-state index >= 15 is 0 Å². The molecular formula is C25H23ClN6O2. The Hall–Kier alpha value is -3.88. The van der Waals surface area contributed by atoms with Crippen molar-refractivity contribution < 1.29 is 5.11 Å². The standard InChI is InChI=1S/C25H23ClN6O2/c1-15-10-18(32-9-8-27-14-32)12-21-23(15)31-24(30-21)22-20(6-7-28-25(22)34)29-17(13-33)11-16-4-2-3-5-19(16)26/h2-10,12,14,17,33H,11,13H2,1H3,(H,30,31)(H2,28,29,34)/t17-/m0/s1. The lowest BCUT2D eigenvalue weighted by Crippen LogP contribution is -2.28. The number of aromatic nitrogens is 5. The number of aromatic amines is 2. The van der Waals surface area contributed by atoms with Crippen LogP contribution in [0.15, 0.2) is 72.2 Å². The predicted molar refractivity (Wildman–Crippen MR) is 134 cm³/mol. The summed E-state index contributed by atoms with van der Waals surface area (Å²) in [5.74, 6) is 0.444. The third-order valence-corrected chi connectivity index (χ3v) is 6.13. The first kappa shape index (κ1) is 21.9. The molecule has 0 saturated carbocycles. The largest absolute Gasteiger partial charge is 0.394 e. The number of aliphatic hydroxyl groups is 1. The van der Waals surface area contributed by atoms with E-state index in [-0.39, 0.29) is 18.2 Å². The van der Waals surface area contributed by atoms with Crippen molar-refractivity contribution >= 4 is 28.3 Å². The van der Waals surface area contributed by atoms with Crippen molar-refractivity contribution in [1.29, 1.82) is 0 Å². The third-order valence-electron chi connectivity index (χ3n) is 5.77. The Morgan fingerprint density at radius 3 is 2.85 bits per heavy atom. The Morgan fingerprint density at radius 1 is 1.24 bits per heavy atom. The molecular weight excluding hydrogens is 452 g/mol. The van der Waals surface area contributed by atoms with Gasteiger partial charge in [-0.25, -0.2) is 9.97 Å². The monoisotopic (exact) mass is 474 g/mol. The van der Waals surface area contributed by atoms with Crippen LogP contribution in [0.2, 0.25) is 5.02 Å². The topological polar surface area (TPSA) is 112 Å². The molecule has 0 saturated heterocycles. The van der Waals surface area contributed by atoms with Crippen LogP contribution < -0.4 is 10.9 Å². The van der Waals surface area contributed by atoms with Gasteiger partial charge in [-0.1, -0.05) is 29.8 Å². The number of nitrogens with one attached hydrogen (secondary N) is 3. The number of rotatable bonds is 7. The lowest BCUT2D eigenvalue weighted by Gasteiger charge is -2.19. The minimum absolute atomic E-state index is 0.134. The Balaban J connectivity index is 1.53. The minimum atomic E-state index is -0.348. The number of H-pyrrole nitrogens is 2. The third kappa shape index (κ3) is 4.21. The van der Waals surface area contributed by atoms with Crippen molar-refractivity contribution in [3.63, 3.8) is 0 Å². The van der Waals surface area contributed by atoms with Crippen LogP contribution in [0.5, 0.6) is 0 Å². The van der Waals surface area contributed by atoms with Gasteiger partial charge < -0.3 is 25.0 Å². The molecule has 5 aromatic rings. The summed E-state index contributed by atoms with van der Waals surface area (Å²) >= 11 is 6.31. The van der Waals surface area contributed by atoms with E-state index in [0.717, 1.165) is 27.8 Å². The summed E-state index contributed by atoms with van der Waals surface area (Å²) in [5, 5.41) is 14.0. The van der Waals surface area contributed by atoms with Crippen molar-refractivity contribution in [2.24, 2.45) is 0 Å². The molecule has 9 heteroatoms. The second-order valence-electron chi connectivity index (χ2n) is 8.13. The molecule has 0 aliphatic heterocycles. The lowest BCUT2D eigenvalue weighted by atomic mass is 10.1. The molecule has 3 heterocycles. The summed E-state index contributed by atoms with van der Waals surface area (Å²) < 4.78 is 1.91. The minimum Gasteiger partial charge on any atom is -0.394 e. The van der Waals surface area contributed by atoms with Crippen LogP contribution in [0, 0.1) is 6.92 Å². The zero-order valence-electron chi connectivity index (χ0n) is 18.4. The molecule has 0 unspecified atom stereocenters. The summed E-state index contributed by atoms with van der Waals surface area (Å²) in [6.07, 6.45) is 7.39. The van der Waals surface area contributed by atoms with Crippen LogP contribution in [0.4, 0.5) is 5.69 Å². The molecule has 1 atom stereocenters. The second-order valence-corrected chi connectivity index (χ2v) is 8.54. The van der Waals surface area contributed by atoms with E-state index in [1.54, 1.807) is 24.8 Å². The van der Waals surface area contributed by atoms with Crippen molar-refractivity contribution in [3.05, 3.63) is 93.9 Å². The molecule has 0 radical (unpaired) electrons. The van der Waals surface area contributed by atoms with E-state index in [2.05, 4.69) is 20.3 Å². The number of fused-ring (bicyclic) bond motifs is 1. The fourth-order valence-electron chi connectivity index (χ4n) is 4.10. The van der Waals surface area contributed by atoms with Gasteiger partial charge in [-0.3, -0.25) is 4.79 Å². The highest BCUT2D eigenvalue weighted by atomic mass is 35.5. The normalized spacial score (nSPS) is 12.2. The second kappa shape index (κ2) is 9.17. The maximum absolute atomic E-state index is 12.9. The highest BCUT2D eigenvalue weighted by Gasteiger charge is 2.19. The summed E-state index contributed by atoms with van der Waals surface area (Å²) in [6.45, 7) is 1.85. The number of imidazole rings is 2. The molecule has 0 amide bonds. The molecule has 8 nitrogen and oxygen atoms in total.